The lowest BCUT2D eigenvalue weighted by atomic mass is 10.1. The van der Waals surface area contributed by atoms with E-state index in [1.54, 1.807) is 32.0 Å². The fraction of sp³-hybridized carbons (Fsp3) is 0.333. The molecule has 1 aliphatic rings. The molecule has 0 amide bonds. The highest BCUT2D eigenvalue weighted by Gasteiger charge is 2.25. The number of aliphatic hydroxyl groups is 2. The normalized spacial score (nSPS) is 17.4. The molecule has 0 saturated carbocycles. The zero-order valence-electron chi connectivity index (χ0n) is 19.5. The molecular weight excluding hydrogens is 474 g/mol. The lowest BCUT2D eigenvalue weighted by Gasteiger charge is -2.15. The molecule has 10 nitrogen and oxygen atoms in total. The van der Waals surface area contributed by atoms with Crippen molar-refractivity contribution in [1.29, 1.82) is 0 Å². The van der Waals surface area contributed by atoms with Crippen molar-refractivity contribution in [3.63, 3.8) is 0 Å². The van der Waals surface area contributed by atoms with Crippen molar-refractivity contribution in [2.75, 3.05) is 19.5 Å². The summed E-state index contributed by atoms with van der Waals surface area (Å²) in [7, 11) is -3.42. The number of aromatic nitrogens is 2. The van der Waals surface area contributed by atoms with Crippen molar-refractivity contribution in [3.8, 4) is 28.5 Å². The Labute approximate surface area is 203 Å². The van der Waals surface area contributed by atoms with Crippen LogP contribution >= 0.6 is 0 Å². The Morgan fingerprint density at radius 3 is 2.49 bits per heavy atom. The molecule has 1 unspecified atom stereocenters. The number of pyridine rings is 1. The van der Waals surface area contributed by atoms with Gasteiger partial charge >= 0.3 is 0 Å². The molecule has 3 aromatic rings. The molecule has 0 radical (unpaired) electrons. The number of H-pyrrole nitrogens is 1. The monoisotopic (exact) mass is 501 g/mol. The Kier molecular flexibility index (Phi) is 7.10. The van der Waals surface area contributed by atoms with Crippen LogP contribution in [0.4, 0.5) is 0 Å². The van der Waals surface area contributed by atoms with E-state index in [1.165, 1.54) is 18.3 Å². The van der Waals surface area contributed by atoms with Crippen molar-refractivity contribution in [2.45, 2.75) is 37.1 Å². The van der Waals surface area contributed by atoms with Crippen LogP contribution in [0, 0.1) is 0 Å². The number of aromatic amines is 1. The highest BCUT2D eigenvalue weighted by molar-refractivity contribution is 7.90. The summed E-state index contributed by atoms with van der Waals surface area (Å²) < 4.78 is 40.7. The molecule has 1 aromatic carbocycles. The SMILES string of the molecule is C[C@@H](CO)Oc1cc(Oc2ccc(S(C)(=O)=O)nc2)cc(-c2ccc(C3=NC([C@@H](C)O)CO3)[nH]2)c1. The second-order valence-corrected chi connectivity index (χ2v) is 10.3. The molecule has 4 rings (SSSR count). The highest BCUT2D eigenvalue weighted by atomic mass is 32.2. The van der Waals surface area contributed by atoms with E-state index >= 15 is 0 Å². The molecular formula is C24H27N3O7S. The topological polar surface area (TPSA) is 143 Å². The van der Waals surface area contributed by atoms with Gasteiger partial charge in [0.25, 0.3) is 0 Å². The first-order chi connectivity index (χ1) is 16.6. The minimum absolute atomic E-state index is 0.0480. The van der Waals surface area contributed by atoms with Crippen molar-refractivity contribution in [3.05, 3.63) is 54.4 Å². The average molecular weight is 502 g/mol. The van der Waals surface area contributed by atoms with Crippen molar-refractivity contribution < 1.29 is 32.8 Å². The Bertz CT molecular complexity index is 1320. The van der Waals surface area contributed by atoms with Gasteiger partial charge in [-0.05, 0) is 50.2 Å². The predicted molar refractivity (Wildman–Crippen MR) is 129 cm³/mol. The van der Waals surface area contributed by atoms with E-state index in [0.29, 0.717) is 35.4 Å². The Morgan fingerprint density at radius 1 is 1.11 bits per heavy atom. The standard InChI is InChI=1S/C24H27N3O7S/c1-14(12-28)33-18-8-16(20-5-6-21(26-20)24-27-22(13-32-24)15(2)29)9-19(10-18)34-17-4-7-23(25-11-17)35(3,30)31/h4-11,14-15,22,26,28-29H,12-13H2,1-3H3/t14-,15+,22?/m0/s1. The number of hydrogen-bond donors (Lipinski definition) is 3. The predicted octanol–water partition coefficient (Wildman–Crippen LogP) is 2.56. The van der Waals surface area contributed by atoms with E-state index < -0.39 is 22.0 Å². The number of hydrogen-bond acceptors (Lipinski definition) is 9. The minimum atomic E-state index is -3.42. The van der Waals surface area contributed by atoms with E-state index in [-0.39, 0.29) is 17.7 Å². The molecule has 0 bridgehead atoms. The zero-order chi connectivity index (χ0) is 25.2. The van der Waals surface area contributed by atoms with E-state index in [2.05, 4.69) is 15.0 Å². The van der Waals surface area contributed by atoms with Crippen LogP contribution in [-0.2, 0) is 14.6 Å². The van der Waals surface area contributed by atoms with Crippen molar-refractivity contribution in [1.82, 2.24) is 9.97 Å². The van der Waals surface area contributed by atoms with Gasteiger partial charge in [0.15, 0.2) is 14.9 Å². The molecule has 0 fully saturated rings. The fourth-order valence-corrected chi connectivity index (χ4v) is 3.94. The van der Waals surface area contributed by atoms with Gasteiger partial charge in [-0.3, -0.25) is 0 Å². The van der Waals surface area contributed by atoms with Gasteiger partial charge in [0, 0.05) is 23.6 Å². The van der Waals surface area contributed by atoms with Crippen LogP contribution in [0.2, 0.25) is 0 Å². The minimum Gasteiger partial charge on any atom is -0.488 e. The summed E-state index contributed by atoms with van der Waals surface area (Å²) in [5, 5.41) is 19.1. The third-order valence-corrected chi connectivity index (χ3v) is 6.26. The van der Waals surface area contributed by atoms with Gasteiger partial charge in [-0.1, -0.05) is 0 Å². The Balaban J connectivity index is 1.63. The Hall–Kier alpha value is -3.41. The molecule has 1 aliphatic heterocycles. The van der Waals surface area contributed by atoms with Crippen LogP contribution < -0.4 is 9.47 Å². The van der Waals surface area contributed by atoms with Crippen LogP contribution in [0.25, 0.3) is 11.3 Å². The summed E-state index contributed by atoms with van der Waals surface area (Å²) >= 11 is 0. The van der Waals surface area contributed by atoms with E-state index in [0.717, 1.165) is 17.5 Å². The molecule has 186 valence electrons. The van der Waals surface area contributed by atoms with E-state index in [9.17, 15) is 18.6 Å². The van der Waals surface area contributed by atoms with Crippen LogP contribution in [0.3, 0.4) is 0 Å². The van der Waals surface area contributed by atoms with E-state index in [1.807, 2.05) is 12.1 Å². The van der Waals surface area contributed by atoms with Crippen LogP contribution in [0.15, 0.2) is 58.7 Å². The highest BCUT2D eigenvalue weighted by Crippen LogP contribution is 2.33. The zero-order valence-corrected chi connectivity index (χ0v) is 20.3. The molecule has 35 heavy (non-hydrogen) atoms. The van der Waals surface area contributed by atoms with Gasteiger partial charge in [0.1, 0.15) is 41.7 Å². The molecule has 0 spiro atoms. The first kappa shape index (κ1) is 24.7. The van der Waals surface area contributed by atoms with Crippen LogP contribution in [0.5, 0.6) is 17.2 Å². The first-order valence-corrected chi connectivity index (χ1v) is 12.9. The summed E-state index contributed by atoms with van der Waals surface area (Å²) in [6.45, 7) is 3.56. The molecule has 0 saturated heterocycles. The molecule has 0 aliphatic carbocycles. The van der Waals surface area contributed by atoms with Gasteiger partial charge in [-0.25, -0.2) is 18.4 Å². The number of aliphatic imine (C=N–C) groups is 1. The van der Waals surface area contributed by atoms with Crippen LogP contribution in [-0.4, -0.2) is 72.2 Å². The molecule has 3 heterocycles. The number of benzene rings is 1. The lowest BCUT2D eigenvalue weighted by molar-refractivity contribution is 0.129. The van der Waals surface area contributed by atoms with Gasteiger partial charge < -0.3 is 29.4 Å². The van der Waals surface area contributed by atoms with E-state index in [4.69, 9.17) is 14.2 Å². The molecule has 3 N–H and O–H groups in total. The summed E-state index contributed by atoms with van der Waals surface area (Å²) in [6, 6.07) is 11.5. The molecule has 2 aromatic heterocycles. The van der Waals surface area contributed by atoms with Crippen LogP contribution in [0.1, 0.15) is 19.5 Å². The second-order valence-electron chi connectivity index (χ2n) is 8.35. The van der Waals surface area contributed by atoms with Gasteiger partial charge in [0.05, 0.1) is 18.9 Å². The summed E-state index contributed by atoms with van der Waals surface area (Å²) in [5.74, 6) is 1.67. The maximum absolute atomic E-state index is 11.7. The smallest absolute Gasteiger partial charge is 0.233 e. The largest absolute Gasteiger partial charge is 0.488 e. The number of nitrogens with one attached hydrogen (secondary N) is 1. The lowest BCUT2D eigenvalue weighted by Crippen LogP contribution is -2.21. The third-order valence-electron chi connectivity index (χ3n) is 5.26. The van der Waals surface area contributed by atoms with Gasteiger partial charge in [-0.15, -0.1) is 0 Å². The third kappa shape index (κ3) is 5.99. The molecule has 11 heteroatoms. The number of sulfone groups is 1. The maximum atomic E-state index is 11.7. The summed E-state index contributed by atoms with van der Waals surface area (Å²) in [6.07, 6.45) is 1.38. The summed E-state index contributed by atoms with van der Waals surface area (Å²) in [4.78, 5) is 11.6. The Morgan fingerprint density at radius 2 is 1.86 bits per heavy atom. The van der Waals surface area contributed by atoms with Crippen molar-refractivity contribution in [2.24, 2.45) is 4.99 Å². The summed E-state index contributed by atoms with van der Waals surface area (Å²) in [5.41, 5.74) is 2.14. The number of rotatable bonds is 9. The second kappa shape index (κ2) is 10.1. The van der Waals surface area contributed by atoms with Gasteiger partial charge in [-0.2, -0.15) is 0 Å². The molecule has 3 atom stereocenters. The maximum Gasteiger partial charge on any atom is 0.233 e. The average Bonchev–Trinajstić information content (AvgIpc) is 3.49. The number of nitrogens with zero attached hydrogens (tertiary/aromatic N) is 2. The van der Waals surface area contributed by atoms with Gasteiger partial charge in [0.2, 0.25) is 5.90 Å². The fourth-order valence-electron chi connectivity index (χ4n) is 3.38. The number of aliphatic hydroxyl groups excluding tert-OH is 2. The first-order valence-electron chi connectivity index (χ1n) is 11.0. The van der Waals surface area contributed by atoms with Crippen molar-refractivity contribution >= 4 is 15.7 Å². The quantitative estimate of drug-likeness (QED) is 0.406. The number of ether oxygens (including phenoxy) is 3.